The van der Waals surface area contributed by atoms with Gasteiger partial charge in [-0.25, -0.2) is 4.79 Å². The smallest absolute Gasteiger partial charge is 0.411 e. The molecule has 1 amide bonds. The molecule has 0 aliphatic carbocycles. The number of nitrogens with one attached hydrogen (secondary N) is 1. The Labute approximate surface area is 112 Å². The van der Waals surface area contributed by atoms with Crippen molar-refractivity contribution in [1.82, 2.24) is 0 Å². The zero-order valence-corrected chi connectivity index (χ0v) is 11.1. The second-order valence-electron chi connectivity index (χ2n) is 3.81. The summed E-state index contributed by atoms with van der Waals surface area (Å²) in [6.07, 6.45) is 1.82. The predicted molar refractivity (Wildman–Crippen MR) is 72.8 cm³/mol. The van der Waals surface area contributed by atoms with E-state index in [1.165, 1.54) is 14.0 Å². The van der Waals surface area contributed by atoms with Crippen LogP contribution in [0, 0.1) is 0 Å². The summed E-state index contributed by atoms with van der Waals surface area (Å²) in [5, 5.41) is 2.52. The van der Waals surface area contributed by atoms with Gasteiger partial charge in [0.2, 0.25) is 0 Å². The molecule has 1 rings (SSSR count). The lowest BCUT2D eigenvalue weighted by Gasteiger charge is -2.11. The number of anilines is 1. The second kappa shape index (κ2) is 7.20. The van der Waals surface area contributed by atoms with Crippen LogP contribution in [0.15, 0.2) is 30.9 Å². The average molecular weight is 263 g/mol. The average Bonchev–Trinajstić information content (AvgIpc) is 2.38. The Morgan fingerprint density at radius 3 is 2.74 bits per heavy atom. The Morgan fingerprint density at radius 2 is 2.16 bits per heavy atom. The van der Waals surface area contributed by atoms with Crippen molar-refractivity contribution in [2.75, 3.05) is 19.0 Å². The summed E-state index contributed by atoms with van der Waals surface area (Å²) in [6, 6.07) is 4.82. The number of Topliss-reactive ketones (excluding diaryl/α,β-unsaturated/α-hetero) is 1. The number of rotatable bonds is 6. The summed E-state index contributed by atoms with van der Waals surface area (Å²) in [7, 11) is 1.28. The lowest BCUT2D eigenvalue weighted by Crippen LogP contribution is -2.11. The van der Waals surface area contributed by atoms with Crippen LogP contribution in [0.2, 0.25) is 0 Å². The third-order valence-corrected chi connectivity index (χ3v) is 2.37. The number of amides is 1. The van der Waals surface area contributed by atoms with Gasteiger partial charge in [-0.15, -0.1) is 6.58 Å². The van der Waals surface area contributed by atoms with Crippen LogP contribution in [0.4, 0.5) is 10.5 Å². The van der Waals surface area contributed by atoms with Crippen LogP contribution in [0.3, 0.4) is 0 Å². The molecule has 0 atom stereocenters. The van der Waals surface area contributed by atoms with E-state index in [2.05, 4.69) is 16.6 Å². The Kier molecular flexibility index (Phi) is 5.60. The van der Waals surface area contributed by atoms with Crippen molar-refractivity contribution in [3.8, 4) is 5.75 Å². The highest BCUT2D eigenvalue weighted by molar-refractivity contribution is 5.98. The maximum Gasteiger partial charge on any atom is 0.411 e. The Hall–Kier alpha value is -2.30. The maximum absolute atomic E-state index is 11.5. The molecule has 5 heteroatoms. The van der Waals surface area contributed by atoms with Gasteiger partial charge in [0, 0.05) is 11.8 Å². The first-order valence-electron chi connectivity index (χ1n) is 5.82. The highest BCUT2D eigenvalue weighted by Crippen LogP contribution is 2.24. The number of ketones is 1. The quantitative estimate of drug-likeness (QED) is 0.487. The topological polar surface area (TPSA) is 64.6 Å². The van der Waals surface area contributed by atoms with Crippen LogP contribution < -0.4 is 10.1 Å². The van der Waals surface area contributed by atoms with Gasteiger partial charge in [0.15, 0.2) is 5.78 Å². The number of hydrogen-bond donors (Lipinski definition) is 1. The molecule has 0 heterocycles. The van der Waals surface area contributed by atoms with E-state index >= 15 is 0 Å². The van der Waals surface area contributed by atoms with Crippen LogP contribution in [-0.4, -0.2) is 25.6 Å². The third kappa shape index (κ3) is 4.46. The van der Waals surface area contributed by atoms with Crippen molar-refractivity contribution in [2.45, 2.75) is 13.3 Å². The van der Waals surface area contributed by atoms with Gasteiger partial charge in [-0.2, -0.15) is 0 Å². The molecular weight excluding hydrogens is 246 g/mol. The minimum Gasteiger partial charge on any atom is -0.492 e. The van der Waals surface area contributed by atoms with E-state index in [1.54, 1.807) is 24.3 Å². The van der Waals surface area contributed by atoms with E-state index in [0.717, 1.165) is 0 Å². The molecular formula is C14H17NO4. The summed E-state index contributed by atoms with van der Waals surface area (Å²) in [4.78, 5) is 22.6. The highest BCUT2D eigenvalue weighted by atomic mass is 16.5. The molecule has 1 aromatic rings. The molecule has 0 saturated carbocycles. The fraction of sp³-hybridized carbons (Fsp3) is 0.286. The van der Waals surface area contributed by atoms with Gasteiger partial charge in [0.1, 0.15) is 5.75 Å². The van der Waals surface area contributed by atoms with E-state index in [0.29, 0.717) is 30.0 Å². The highest BCUT2D eigenvalue weighted by Gasteiger charge is 2.10. The van der Waals surface area contributed by atoms with Crippen molar-refractivity contribution in [3.05, 3.63) is 36.4 Å². The predicted octanol–water partition coefficient (Wildman–Crippen LogP) is 3.02. The Balaban J connectivity index is 2.93. The van der Waals surface area contributed by atoms with Crippen molar-refractivity contribution in [2.24, 2.45) is 0 Å². The van der Waals surface area contributed by atoms with E-state index < -0.39 is 6.09 Å². The molecule has 102 valence electrons. The molecule has 0 aromatic heterocycles. The summed E-state index contributed by atoms with van der Waals surface area (Å²) >= 11 is 0. The first-order chi connectivity index (χ1) is 9.08. The number of carbonyl (C=O) groups excluding carboxylic acids is 2. The zero-order valence-electron chi connectivity index (χ0n) is 11.1. The molecule has 0 bridgehead atoms. The van der Waals surface area contributed by atoms with Gasteiger partial charge in [0.25, 0.3) is 0 Å². The van der Waals surface area contributed by atoms with Gasteiger partial charge >= 0.3 is 6.09 Å². The summed E-state index contributed by atoms with van der Waals surface area (Å²) in [5.74, 6) is 0.335. The van der Waals surface area contributed by atoms with E-state index in [1.807, 2.05) is 0 Å². The van der Waals surface area contributed by atoms with Crippen LogP contribution in [-0.2, 0) is 4.74 Å². The fourth-order valence-electron chi connectivity index (χ4n) is 1.43. The second-order valence-corrected chi connectivity index (χ2v) is 3.81. The van der Waals surface area contributed by atoms with Crippen LogP contribution in [0.1, 0.15) is 23.7 Å². The van der Waals surface area contributed by atoms with Crippen molar-refractivity contribution in [1.29, 1.82) is 0 Å². The summed E-state index contributed by atoms with van der Waals surface area (Å²) in [5.41, 5.74) is 0.977. The molecule has 1 aromatic carbocycles. The molecule has 0 fully saturated rings. The van der Waals surface area contributed by atoms with Gasteiger partial charge in [-0.3, -0.25) is 10.1 Å². The first-order valence-corrected chi connectivity index (χ1v) is 5.82. The normalized spacial score (nSPS) is 9.58. The van der Waals surface area contributed by atoms with Crippen molar-refractivity contribution >= 4 is 17.6 Å². The molecule has 0 unspecified atom stereocenters. The number of ether oxygens (including phenoxy) is 2. The largest absolute Gasteiger partial charge is 0.492 e. The van der Waals surface area contributed by atoms with Gasteiger partial charge < -0.3 is 9.47 Å². The Morgan fingerprint density at radius 1 is 1.42 bits per heavy atom. The van der Waals surface area contributed by atoms with E-state index in [9.17, 15) is 9.59 Å². The van der Waals surface area contributed by atoms with Gasteiger partial charge in [-0.05, 0) is 25.5 Å². The number of benzene rings is 1. The minimum absolute atomic E-state index is 0.0989. The van der Waals surface area contributed by atoms with Crippen LogP contribution in [0.5, 0.6) is 5.75 Å². The van der Waals surface area contributed by atoms with Gasteiger partial charge in [0.05, 0.1) is 19.3 Å². The van der Waals surface area contributed by atoms with Crippen LogP contribution in [0.25, 0.3) is 0 Å². The third-order valence-electron chi connectivity index (χ3n) is 2.37. The molecule has 0 aliphatic heterocycles. The molecule has 0 aliphatic rings. The summed E-state index contributed by atoms with van der Waals surface area (Å²) in [6.45, 7) is 5.48. The monoisotopic (exact) mass is 263 g/mol. The zero-order chi connectivity index (χ0) is 14.3. The number of hydrogen-bond acceptors (Lipinski definition) is 4. The molecule has 19 heavy (non-hydrogen) atoms. The standard InChI is InChI=1S/C14H17NO4/c1-4-5-8-19-13-9-11(15-14(17)18-3)6-7-12(13)10(2)16/h4,6-7,9H,1,5,8H2,2-3H3,(H,15,17). The summed E-state index contributed by atoms with van der Waals surface area (Å²) < 4.78 is 10.0. The minimum atomic E-state index is -0.576. The number of carbonyl (C=O) groups is 2. The fourth-order valence-corrected chi connectivity index (χ4v) is 1.43. The SMILES string of the molecule is C=CCCOc1cc(NC(=O)OC)ccc1C(C)=O. The molecule has 0 spiro atoms. The van der Waals surface area contributed by atoms with E-state index in [4.69, 9.17) is 4.74 Å². The van der Waals surface area contributed by atoms with E-state index in [-0.39, 0.29) is 5.78 Å². The van der Waals surface area contributed by atoms with Crippen molar-refractivity contribution in [3.63, 3.8) is 0 Å². The molecule has 0 radical (unpaired) electrons. The molecule has 0 saturated heterocycles. The Bertz CT molecular complexity index is 482. The lowest BCUT2D eigenvalue weighted by molar-refractivity contribution is 0.101. The number of methoxy groups -OCH3 is 1. The van der Waals surface area contributed by atoms with Crippen LogP contribution >= 0.6 is 0 Å². The van der Waals surface area contributed by atoms with Gasteiger partial charge in [-0.1, -0.05) is 6.08 Å². The molecule has 5 nitrogen and oxygen atoms in total. The first kappa shape index (κ1) is 14.8. The molecule has 1 N–H and O–H groups in total. The van der Waals surface area contributed by atoms with Crippen molar-refractivity contribution < 1.29 is 19.1 Å². The maximum atomic E-state index is 11.5. The lowest BCUT2D eigenvalue weighted by atomic mass is 10.1.